The largest absolute Gasteiger partial charge is 0.363 e. The third-order valence-electron chi connectivity index (χ3n) is 4.69. The van der Waals surface area contributed by atoms with Gasteiger partial charge in [-0.05, 0) is 42.3 Å². The first kappa shape index (κ1) is 19.8. The Kier molecular flexibility index (Phi) is 5.29. The molecule has 4 aromatic rings. The van der Waals surface area contributed by atoms with E-state index in [9.17, 15) is 8.42 Å². The topological polar surface area (TPSA) is 72.0 Å². The predicted molar refractivity (Wildman–Crippen MR) is 119 cm³/mol. The lowest BCUT2D eigenvalue weighted by molar-refractivity contribution is 0.602. The normalized spacial score (nSPS) is 12.8. The molecule has 0 bridgehead atoms. The molecule has 0 fully saturated rings. The van der Waals surface area contributed by atoms with Gasteiger partial charge in [-0.15, -0.1) is 11.3 Å². The number of aromatic nitrogens is 2. The standard InChI is InChI=1S/C21H18ClN3O2S2/c1-13(14-5-9-17(10-6-14)29(2,26)27)25-20-19-18(11-28-21(19)24-12-23-20)15-3-7-16(22)8-4-15/h3-13H,1-2H3,(H,23,24,25). The summed E-state index contributed by atoms with van der Waals surface area (Å²) in [4.78, 5) is 10.1. The highest BCUT2D eigenvalue weighted by atomic mass is 35.5. The molecule has 4 rings (SSSR count). The molecule has 1 N–H and O–H groups in total. The van der Waals surface area contributed by atoms with E-state index in [2.05, 4.69) is 20.7 Å². The lowest BCUT2D eigenvalue weighted by Crippen LogP contribution is -2.09. The molecule has 1 unspecified atom stereocenters. The van der Waals surface area contributed by atoms with Crippen LogP contribution in [0.5, 0.6) is 0 Å². The van der Waals surface area contributed by atoms with Gasteiger partial charge in [0.25, 0.3) is 0 Å². The van der Waals surface area contributed by atoms with Gasteiger partial charge >= 0.3 is 0 Å². The highest BCUT2D eigenvalue weighted by molar-refractivity contribution is 7.90. The SMILES string of the molecule is CC(Nc1ncnc2scc(-c3ccc(Cl)cc3)c12)c1ccc(S(C)(=O)=O)cc1. The van der Waals surface area contributed by atoms with Gasteiger partial charge in [-0.25, -0.2) is 18.4 Å². The van der Waals surface area contributed by atoms with E-state index < -0.39 is 9.84 Å². The minimum atomic E-state index is -3.21. The van der Waals surface area contributed by atoms with Crippen LogP contribution >= 0.6 is 22.9 Å². The van der Waals surface area contributed by atoms with Gasteiger partial charge in [-0.2, -0.15) is 0 Å². The van der Waals surface area contributed by atoms with Crippen molar-refractivity contribution >= 4 is 48.8 Å². The van der Waals surface area contributed by atoms with Crippen molar-refractivity contribution in [1.82, 2.24) is 9.97 Å². The third kappa shape index (κ3) is 4.12. The molecule has 5 nitrogen and oxygen atoms in total. The zero-order chi connectivity index (χ0) is 20.6. The molecule has 0 aliphatic carbocycles. The van der Waals surface area contributed by atoms with Crippen LogP contribution in [0.25, 0.3) is 21.3 Å². The van der Waals surface area contributed by atoms with E-state index in [1.54, 1.807) is 29.8 Å². The van der Waals surface area contributed by atoms with Gasteiger partial charge in [-0.1, -0.05) is 35.9 Å². The maximum absolute atomic E-state index is 11.7. The van der Waals surface area contributed by atoms with Crippen molar-refractivity contribution in [2.45, 2.75) is 17.9 Å². The van der Waals surface area contributed by atoms with Gasteiger partial charge in [0.15, 0.2) is 9.84 Å². The molecule has 2 aromatic carbocycles. The number of hydrogen-bond donors (Lipinski definition) is 1. The zero-order valence-electron chi connectivity index (χ0n) is 15.8. The van der Waals surface area contributed by atoms with Crippen molar-refractivity contribution in [2.75, 3.05) is 11.6 Å². The van der Waals surface area contributed by atoms with Crippen molar-refractivity contribution in [2.24, 2.45) is 0 Å². The molecular formula is C21H18ClN3O2S2. The second kappa shape index (κ2) is 7.74. The van der Waals surface area contributed by atoms with Crippen molar-refractivity contribution in [3.05, 3.63) is 70.8 Å². The molecule has 0 saturated heterocycles. The number of nitrogens with one attached hydrogen (secondary N) is 1. The molecule has 0 saturated carbocycles. The first-order chi connectivity index (χ1) is 13.8. The number of rotatable bonds is 5. The first-order valence-electron chi connectivity index (χ1n) is 8.87. The Hall–Kier alpha value is -2.48. The summed E-state index contributed by atoms with van der Waals surface area (Å²) >= 11 is 7.59. The lowest BCUT2D eigenvalue weighted by Gasteiger charge is -2.16. The summed E-state index contributed by atoms with van der Waals surface area (Å²) in [5.41, 5.74) is 3.06. The van der Waals surface area contributed by atoms with Crippen molar-refractivity contribution in [3.63, 3.8) is 0 Å². The number of halogens is 1. The summed E-state index contributed by atoms with van der Waals surface area (Å²) in [6.45, 7) is 2.01. The van der Waals surface area contributed by atoms with Crippen LogP contribution < -0.4 is 5.32 Å². The number of anilines is 1. The van der Waals surface area contributed by atoms with Crippen LogP contribution in [0.4, 0.5) is 5.82 Å². The van der Waals surface area contributed by atoms with Crippen LogP contribution in [0.3, 0.4) is 0 Å². The fourth-order valence-corrected chi connectivity index (χ4v) is 4.79. The summed E-state index contributed by atoms with van der Waals surface area (Å²) in [5, 5.41) is 7.16. The molecule has 0 amide bonds. The molecule has 2 heterocycles. The number of nitrogens with zero attached hydrogens (tertiary/aromatic N) is 2. The van der Waals surface area contributed by atoms with Gasteiger partial charge in [-0.3, -0.25) is 0 Å². The summed E-state index contributed by atoms with van der Waals surface area (Å²) < 4.78 is 23.4. The zero-order valence-corrected chi connectivity index (χ0v) is 18.1. The molecule has 8 heteroatoms. The Morgan fingerprint density at radius 2 is 1.72 bits per heavy atom. The summed E-state index contributed by atoms with van der Waals surface area (Å²) in [5.74, 6) is 0.737. The van der Waals surface area contributed by atoms with Crippen molar-refractivity contribution in [3.8, 4) is 11.1 Å². The van der Waals surface area contributed by atoms with Crippen molar-refractivity contribution in [1.29, 1.82) is 0 Å². The number of hydrogen-bond acceptors (Lipinski definition) is 6. The van der Waals surface area contributed by atoms with Gasteiger partial charge in [0.05, 0.1) is 10.3 Å². The quantitative estimate of drug-likeness (QED) is 0.435. The second-order valence-corrected chi connectivity index (χ2v) is 10.1. The maximum Gasteiger partial charge on any atom is 0.175 e. The number of sulfone groups is 1. The monoisotopic (exact) mass is 443 g/mol. The highest BCUT2D eigenvalue weighted by Crippen LogP contribution is 2.37. The van der Waals surface area contributed by atoms with Crippen LogP contribution in [0, 0.1) is 0 Å². The van der Waals surface area contributed by atoms with Crippen LogP contribution in [0.1, 0.15) is 18.5 Å². The van der Waals surface area contributed by atoms with Gasteiger partial charge in [0, 0.05) is 28.3 Å². The van der Waals surface area contributed by atoms with Crippen LogP contribution in [-0.4, -0.2) is 24.6 Å². The van der Waals surface area contributed by atoms with E-state index in [0.29, 0.717) is 9.92 Å². The van der Waals surface area contributed by atoms with Crippen LogP contribution in [0.2, 0.25) is 5.02 Å². The van der Waals surface area contributed by atoms with Crippen LogP contribution in [-0.2, 0) is 9.84 Å². The Bertz CT molecular complexity index is 1270. The fraction of sp³-hybridized carbons (Fsp3) is 0.143. The van der Waals surface area contributed by atoms with E-state index in [4.69, 9.17) is 11.6 Å². The number of fused-ring (bicyclic) bond motifs is 1. The first-order valence-corrected chi connectivity index (χ1v) is 12.0. The Morgan fingerprint density at radius 3 is 2.38 bits per heavy atom. The average Bonchev–Trinajstić information content (AvgIpc) is 3.13. The number of benzene rings is 2. The molecule has 0 aliphatic heterocycles. The van der Waals surface area contributed by atoms with E-state index >= 15 is 0 Å². The average molecular weight is 444 g/mol. The molecule has 2 aromatic heterocycles. The van der Waals surface area contributed by atoms with Crippen molar-refractivity contribution < 1.29 is 8.42 Å². The third-order valence-corrected chi connectivity index (χ3v) is 6.95. The van der Waals surface area contributed by atoms with Crippen LogP contribution in [0.15, 0.2) is 65.1 Å². The fourth-order valence-electron chi connectivity index (χ4n) is 3.12. The molecule has 148 valence electrons. The molecule has 0 aliphatic rings. The van der Waals surface area contributed by atoms with Gasteiger partial charge in [0.2, 0.25) is 0 Å². The van der Waals surface area contributed by atoms with E-state index in [0.717, 1.165) is 32.7 Å². The lowest BCUT2D eigenvalue weighted by atomic mass is 10.1. The Balaban J connectivity index is 1.69. The van der Waals surface area contributed by atoms with Gasteiger partial charge in [0.1, 0.15) is 17.0 Å². The highest BCUT2D eigenvalue weighted by Gasteiger charge is 2.16. The summed E-state index contributed by atoms with van der Waals surface area (Å²) in [6.07, 6.45) is 2.75. The smallest absolute Gasteiger partial charge is 0.175 e. The minimum absolute atomic E-state index is 0.0697. The van der Waals surface area contributed by atoms with Gasteiger partial charge < -0.3 is 5.32 Å². The molecular weight excluding hydrogens is 426 g/mol. The predicted octanol–water partition coefficient (Wildman–Crippen LogP) is 5.59. The van der Waals surface area contributed by atoms with E-state index in [1.807, 2.05) is 43.3 Å². The minimum Gasteiger partial charge on any atom is -0.363 e. The molecule has 1 atom stereocenters. The Morgan fingerprint density at radius 1 is 1.03 bits per heavy atom. The second-order valence-electron chi connectivity index (χ2n) is 6.77. The van der Waals surface area contributed by atoms with E-state index in [1.165, 1.54) is 6.26 Å². The van der Waals surface area contributed by atoms with E-state index in [-0.39, 0.29) is 6.04 Å². The molecule has 0 radical (unpaired) electrons. The summed E-state index contributed by atoms with van der Waals surface area (Å²) in [6, 6.07) is 14.5. The Labute approximate surface area is 178 Å². The maximum atomic E-state index is 11.7. The molecule has 0 spiro atoms. The number of thiophene rings is 1. The molecule has 29 heavy (non-hydrogen) atoms. The summed E-state index contributed by atoms with van der Waals surface area (Å²) in [7, 11) is -3.21.